The first-order valence-corrected chi connectivity index (χ1v) is 14.6. The van der Waals surface area contributed by atoms with Crippen molar-refractivity contribution in [2.75, 3.05) is 0 Å². The highest BCUT2D eigenvalue weighted by atomic mass is 16.3. The number of nitrogens with zero attached hydrogens (tertiary/aromatic N) is 2. The van der Waals surface area contributed by atoms with Crippen LogP contribution in [0.2, 0.25) is 0 Å². The summed E-state index contributed by atoms with van der Waals surface area (Å²) in [7, 11) is 0. The van der Waals surface area contributed by atoms with Crippen LogP contribution in [0.25, 0.3) is 0 Å². The zero-order valence-corrected chi connectivity index (χ0v) is 22.7. The summed E-state index contributed by atoms with van der Waals surface area (Å²) in [6.07, 6.45) is 24.9. The van der Waals surface area contributed by atoms with E-state index in [-0.39, 0.29) is 22.8 Å². The van der Waals surface area contributed by atoms with Gasteiger partial charge in [-0.3, -0.25) is 14.3 Å². The van der Waals surface area contributed by atoms with Crippen LogP contribution in [0, 0.1) is 0 Å². The minimum Gasteiger partial charge on any atom is -0.493 e. The fourth-order valence-electron chi connectivity index (χ4n) is 4.83. The number of carbonyl (C=O) groups is 1. The maximum absolute atomic E-state index is 12.8. The molecule has 0 fully saturated rings. The van der Waals surface area contributed by atoms with Crippen molar-refractivity contribution in [3.05, 3.63) is 15.9 Å². The average molecular weight is 479 g/mol. The molecule has 0 unspecified atom stereocenters. The molecule has 5 nitrogen and oxygen atoms in total. The molecule has 1 aromatic heterocycles. The Hall–Kier alpha value is -1.52. The molecular weight excluding hydrogens is 424 g/mol. The van der Waals surface area contributed by atoms with Gasteiger partial charge in [0.25, 0.3) is 5.56 Å². The predicted octanol–water partition coefficient (Wildman–Crippen LogP) is 8.40. The fraction of sp³-hybridized carbons (Fsp3) is 0.862. The van der Waals surface area contributed by atoms with Gasteiger partial charge in [0, 0.05) is 13.1 Å². The van der Waals surface area contributed by atoms with Crippen LogP contribution in [-0.4, -0.2) is 20.3 Å². The van der Waals surface area contributed by atoms with Crippen molar-refractivity contribution < 1.29 is 9.90 Å². The summed E-state index contributed by atoms with van der Waals surface area (Å²) < 4.78 is 3.28. The minimum atomic E-state index is -0.346. The lowest BCUT2D eigenvalue weighted by Crippen LogP contribution is -2.25. The summed E-state index contributed by atoms with van der Waals surface area (Å²) in [4.78, 5) is 24.7. The molecule has 34 heavy (non-hydrogen) atoms. The van der Waals surface area contributed by atoms with E-state index in [4.69, 9.17) is 0 Å². The normalized spacial score (nSPS) is 11.4. The lowest BCUT2D eigenvalue weighted by Gasteiger charge is -2.12. The first-order chi connectivity index (χ1) is 16.5. The molecule has 0 saturated carbocycles. The molecule has 0 aromatic carbocycles. The summed E-state index contributed by atoms with van der Waals surface area (Å²) in [5.74, 6) is -0.485. The zero-order chi connectivity index (χ0) is 25.0. The van der Waals surface area contributed by atoms with E-state index in [0.717, 1.165) is 25.7 Å². The highest BCUT2D eigenvalue weighted by Crippen LogP contribution is 2.18. The molecule has 0 radical (unpaired) electrons. The van der Waals surface area contributed by atoms with Crippen molar-refractivity contribution in [3.8, 4) is 5.88 Å². The van der Waals surface area contributed by atoms with Gasteiger partial charge in [-0.25, -0.2) is 4.68 Å². The van der Waals surface area contributed by atoms with Gasteiger partial charge in [-0.15, -0.1) is 0 Å². The summed E-state index contributed by atoms with van der Waals surface area (Å²) in [5.41, 5.74) is -0.368. The second-order valence-electron chi connectivity index (χ2n) is 10.2. The third-order valence-corrected chi connectivity index (χ3v) is 7.01. The number of hydrogen-bond acceptors (Lipinski definition) is 3. The van der Waals surface area contributed by atoms with E-state index in [0.29, 0.717) is 13.1 Å². The van der Waals surface area contributed by atoms with E-state index in [1.165, 1.54) is 110 Å². The largest absolute Gasteiger partial charge is 0.493 e. The summed E-state index contributed by atoms with van der Waals surface area (Å²) in [6, 6.07) is 0. The first-order valence-electron chi connectivity index (χ1n) is 14.6. The summed E-state index contributed by atoms with van der Waals surface area (Å²) in [5, 5.41) is 10.6. The molecule has 1 N–H and O–H groups in total. The van der Waals surface area contributed by atoms with Crippen molar-refractivity contribution >= 4 is 5.78 Å². The smallest absolute Gasteiger partial charge is 0.281 e. The Labute approximate surface area is 209 Å². The maximum Gasteiger partial charge on any atom is 0.281 e. The first kappa shape index (κ1) is 30.5. The average Bonchev–Trinajstić information content (AvgIpc) is 3.05. The third-order valence-electron chi connectivity index (χ3n) is 7.01. The number of ketones is 1. The summed E-state index contributed by atoms with van der Waals surface area (Å²) in [6.45, 7) is 7.04. The van der Waals surface area contributed by atoms with Gasteiger partial charge in [-0.05, 0) is 19.8 Å². The number of hydrogen-bond donors (Lipinski definition) is 1. The third kappa shape index (κ3) is 12.3. The molecule has 0 aliphatic carbocycles. The Balaban J connectivity index is 2.38. The molecule has 1 rings (SSSR count). The lowest BCUT2D eigenvalue weighted by atomic mass is 10.1. The van der Waals surface area contributed by atoms with Crippen LogP contribution in [-0.2, 0) is 13.1 Å². The Morgan fingerprint density at radius 1 is 0.588 bits per heavy atom. The standard InChI is InChI=1S/C29H54N2O3/c1-4-6-8-10-12-14-16-18-20-22-24-30-28(33)27(26(3)32)29(34)31(30)25-23-21-19-17-15-13-11-9-7-5-2/h33H,4-25H2,1-3H3. The van der Waals surface area contributed by atoms with E-state index in [1.54, 1.807) is 9.36 Å². The molecule has 0 bridgehead atoms. The Morgan fingerprint density at radius 2 is 0.912 bits per heavy atom. The van der Waals surface area contributed by atoms with Gasteiger partial charge in [0.1, 0.15) is 5.56 Å². The van der Waals surface area contributed by atoms with Gasteiger partial charge >= 0.3 is 0 Å². The number of carbonyl (C=O) groups excluding carboxylic acids is 1. The van der Waals surface area contributed by atoms with Gasteiger partial charge < -0.3 is 5.11 Å². The Morgan fingerprint density at radius 3 is 1.26 bits per heavy atom. The van der Waals surface area contributed by atoms with Crippen molar-refractivity contribution in [1.82, 2.24) is 9.36 Å². The van der Waals surface area contributed by atoms with Gasteiger partial charge in [-0.2, -0.15) is 0 Å². The van der Waals surface area contributed by atoms with Crippen LogP contribution in [0.3, 0.4) is 0 Å². The van der Waals surface area contributed by atoms with E-state index < -0.39 is 0 Å². The van der Waals surface area contributed by atoms with Crippen molar-refractivity contribution in [2.24, 2.45) is 0 Å². The highest BCUT2D eigenvalue weighted by Gasteiger charge is 2.22. The monoisotopic (exact) mass is 478 g/mol. The highest BCUT2D eigenvalue weighted by molar-refractivity contribution is 5.95. The number of aromatic nitrogens is 2. The maximum atomic E-state index is 12.8. The van der Waals surface area contributed by atoms with Crippen LogP contribution >= 0.6 is 0 Å². The zero-order valence-electron chi connectivity index (χ0n) is 22.7. The number of unbranched alkanes of at least 4 members (excludes halogenated alkanes) is 18. The van der Waals surface area contributed by atoms with Crippen molar-refractivity contribution in [3.63, 3.8) is 0 Å². The molecule has 5 heteroatoms. The van der Waals surface area contributed by atoms with Crippen LogP contribution < -0.4 is 5.56 Å². The van der Waals surface area contributed by atoms with E-state index in [2.05, 4.69) is 13.8 Å². The minimum absolute atomic E-state index is 0.0424. The molecule has 0 spiro atoms. The molecule has 0 aliphatic rings. The Kier molecular flexibility index (Phi) is 17.7. The van der Waals surface area contributed by atoms with Gasteiger partial charge in [0.15, 0.2) is 5.78 Å². The van der Waals surface area contributed by atoms with Crippen LogP contribution in [0.1, 0.15) is 160 Å². The van der Waals surface area contributed by atoms with Gasteiger partial charge in [-0.1, -0.05) is 129 Å². The second-order valence-corrected chi connectivity index (χ2v) is 10.2. The van der Waals surface area contributed by atoms with Crippen LogP contribution in [0.5, 0.6) is 5.88 Å². The topological polar surface area (TPSA) is 64.2 Å². The van der Waals surface area contributed by atoms with Crippen molar-refractivity contribution in [1.29, 1.82) is 0 Å². The molecule has 0 amide bonds. The Bertz CT molecular complexity index is 705. The number of Topliss-reactive ketones (excluding diaryl/α,β-unsaturated/α-hetero) is 1. The summed E-state index contributed by atoms with van der Waals surface area (Å²) >= 11 is 0. The molecular formula is C29H54N2O3. The van der Waals surface area contributed by atoms with E-state index >= 15 is 0 Å². The molecule has 0 atom stereocenters. The second kappa shape index (κ2) is 19.8. The SMILES string of the molecule is CCCCCCCCCCCCn1c(O)c(C(C)=O)c(=O)n1CCCCCCCCCCCC. The van der Waals surface area contributed by atoms with Crippen molar-refractivity contribution in [2.45, 2.75) is 162 Å². The molecule has 0 saturated heterocycles. The number of rotatable bonds is 23. The van der Waals surface area contributed by atoms with E-state index in [1.807, 2.05) is 0 Å². The molecule has 198 valence electrons. The molecule has 1 heterocycles. The molecule has 0 aliphatic heterocycles. The van der Waals surface area contributed by atoms with E-state index in [9.17, 15) is 14.7 Å². The molecule has 1 aromatic rings. The van der Waals surface area contributed by atoms with Gasteiger partial charge in [0.2, 0.25) is 5.88 Å². The number of aromatic hydroxyl groups is 1. The fourth-order valence-corrected chi connectivity index (χ4v) is 4.83. The van der Waals surface area contributed by atoms with Crippen LogP contribution in [0.4, 0.5) is 0 Å². The van der Waals surface area contributed by atoms with Gasteiger partial charge in [0.05, 0.1) is 0 Å². The lowest BCUT2D eigenvalue weighted by molar-refractivity contribution is 0.101. The predicted molar refractivity (Wildman–Crippen MR) is 144 cm³/mol. The van der Waals surface area contributed by atoms with Crippen LogP contribution in [0.15, 0.2) is 4.79 Å². The quantitative estimate of drug-likeness (QED) is 0.127.